The fourth-order valence-electron chi connectivity index (χ4n) is 4.45. The van der Waals surface area contributed by atoms with Crippen LogP contribution in [0.5, 0.6) is 0 Å². The molecule has 4 nitrogen and oxygen atoms in total. The molecule has 0 radical (unpaired) electrons. The van der Waals surface area contributed by atoms with Crippen molar-refractivity contribution in [2.24, 2.45) is 0 Å². The lowest BCUT2D eigenvalue weighted by Crippen LogP contribution is -2.51. The van der Waals surface area contributed by atoms with E-state index in [0.29, 0.717) is 0 Å². The van der Waals surface area contributed by atoms with Gasteiger partial charge >= 0.3 is 0 Å². The summed E-state index contributed by atoms with van der Waals surface area (Å²) >= 11 is 1.57. The van der Waals surface area contributed by atoms with Crippen LogP contribution in [0.2, 0.25) is 0 Å². The Bertz CT molecular complexity index is 1120. The quantitative estimate of drug-likeness (QED) is 0.540. The highest BCUT2D eigenvalue weighted by molar-refractivity contribution is 8.04. The molecular weight excluding hydrogens is 414 g/mol. The molecule has 1 aromatic rings. The zero-order valence-electron chi connectivity index (χ0n) is 17.3. The van der Waals surface area contributed by atoms with Gasteiger partial charge in [0.25, 0.3) is 0 Å². The second-order valence-corrected chi connectivity index (χ2v) is 9.15. The number of nitrogens with zero attached hydrogens (tertiary/aromatic N) is 2. The van der Waals surface area contributed by atoms with Crippen LogP contribution in [0.15, 0.2) is 47.5 Å². The number of rotatable bonds is 4. The first-order valence-electron chi connectivity index (χ1n) is 10.5. The number of anilines is 2. The van der Waals surface area contributed by atoms with Gasteiger partial charge in [-0.3, -0.25) is 4.98 Å². The van der Waals surface area contributed by atoms with Crippen LogP contribution in [0.1, 0.15) is 24.5 Å². The van der Waals surface area contributed by atoms with Gasteiger partial charge in [0.15, 0.2) is 0 Å². The van der Waals surface area contributed by atoms with Crippen molar-refractivity contribution < 1.29 is 8.78 Å². The predicted molar refractivity (Wildman–Crippen MR) is 124 cm³/mol. The fourth-order valence-corrected chi connectivity index (χ4v) is 5.11. The highest BCUT2D eigenvalue weighted by atomic mass is 32.2. The van der Waals surface area contributed by atoms with Gasteiger partial charge in [0.1, 0.15) is 11.6 Å². The highest BCUT2D eigenvalue weighted by Gasteiger charge is 2.31. The Hall–Kier alpha value is -2.64. The molecule has 4 aliphatic rings. The minimum Gasteiger partial charge on any atom is -0.366 e. The summed E-state index contributed by atoms with van der Waals surface area (Å²) in [6.45, 7) is 4.61. The molecule has 0 saturated carbocycles. The minimum absolute atomic E-state index is 0.190. The summed E-state index contributed by atoms with van der Waals surface area (Å²) in [7, 11) is 0. The molecule has 31 heavy (non-hydrogen) atoms. The normalized spacial score (nSPS) is 18.5. The number of fused-ring (bicyclic) bond motifs is 3. The van der Waals surface area contributed by atoms with E-state index in [1.807, 2.05) is 12.1 Å². The van der Waals surface area contributed by atoms with Crippen LogP contribution in [-0.2, 0) is 6.42 Å². The zero-order valence-corrected chi connectivity index (χ0v) is 18.1. The van der Waals surface area contributed by atoms with E-state index in [4.69, 9.17) is 0 Å². The van der Waals surface area contributed by atoms with Crippen LogP contribution in [-0.4, -0.2) is 30.7 Å². The molecule has 7 heteroatoms. The molecule has 1 fully saturated rings. The Balaban J connectivity index is 1.44. The highest BCUT2D eigenvalue weighted by Crippen LogP contribution is 2.50. The topological polar surface area (TPSA) is 40.2 Å². The average Bonchev–Trinajstić information content (AvgIpc) is 2.94. The maximum atomic E-state index is 13.9. The summed E-state index contributed by atoms with van der Waals surface area (Å²) in [5.41, 5.74) is 5.94. The number of halogens is 2. The van der Waals surface area contributed by atoms with E-state index in [1.54, 1.807) is 24.1 Å². The predicted octanol–water partition coefficient (Wildman–Crippen LogP) is 5.31. The second-order valence-electron chi connectivity index (χ2n) is 8.10. The van der Waals surface area contributed by atoms with Crippen molar-refractivity contribution in [1.29, 1.82) is 0 Å². The molecular formula is C24H24F2N4S. The first-order valence-corrected chi connectivity index (χ1v) is 11.4. The molecule has 0 amide bonds. The number of aromatic nitrogens is 1. The molecule has 160 valence electrons. The lowest BCUT2D eigenvalue weighted by Gasteiger charge is -2.36. The molecule has 3 heterocycles. The van der Waals surface area contributed by atoms with Gasteiger partial charge in [0.2, 0.25) is 0 Å². The molecule has 0 aromatic heterocycles. The first kappa shape index (κ1) is 20.3. The molecule has 1 saturated heterocycles. The minimum atomic E-state index is -0.348. The number of allylic oxidation sites excluding steroid dienone is 1. The third-order valence-corrected chi connectivity index (χ3v) is 6.65. The number of aryl methyl sites for hydroxylation is 1. The van der Waals surface area contributed by atoms with Crippen molar-refractivity contribution in [3.8, 4) is 11.3 Å². The monoisotopic (exact) mass is 438 g/mol. The Kier molecular flexibility index (Phi) is 5.54. The van der Waals surface area contributed by atoms with Crippen LogP contribution in [0, 0.1) is 11.6 Å². The number of hydrogen-bond acceptors (Lipinski definition) is 5. The molecule has 0 bridgehead atoms. The van der Waals surface area contributed by atoms with Gasteiger partial charge in [-0.05, 0) is 67.6 Å². The van der Waals surface area contributed by atoms with E-state index in [2.05, 4.69) is 32.9 Å². The summed E-state index contributed by atoms with van der Waals surface area (Å²) in [5.74, 6) is -0.538. The summed E-state index contributed by atoms with van der Waals surface area (Å²) in [6.07, 6.45) is 5.22. The molecule has 1 aliphatic carbocycles. The van der Waals surface area contributed by atoms with Crippen molar-refractivity contribution in [2.45, 2.75) is 25.8 Å². The molecule has 5 rings (SSSR count). The van der Waals surface area contributed by atoms with Gasteiger partial charge in [0, 0.05) is 41.7 Å². The van der Waals surface area contributed by atoms with E-state index in [0.717, 1.165) is 66.2 Å². The van der Waals surface area contributed by atoms with E-state index in [1.165, 1.54) is 23.2 Å². The number of hydrogen-bond donors (Lipinski definition) is 2. The summed E-state index contributed by atoms with van der Waals surface area (Å²) < 4.78 is 30.8. The van der Waals surface area contributed by atoms with Crippen LogP contribution in [0.3, 0.4) is 0 Å². The maximum absolute atomic E-state index is 13.9. The second kappa shape index (κ2) is 8.48. The van der Waals surface area contributed by atoms with Gasteiger partial charge in [-0.25, -0.2) is 8.78 Å². The van der Waals surface area contributed by atoms with Gasteiger partial charge in [-0.1, -0.05) is 12.1 Å². The van der Waals surface area contributed by atoms with Crippen LogP contribution in [0.25, 0.3) is 17.3 Å². The van der Waals surface area contributed by atoms with Gasteiger partial charge in [-0.15, -0.1) is 0 Å². The van der Waals surface area contributed by atoms with Crippen molar-refractivity contribution >= 4 is 29.4 Å². The molecule has 1 unspecified atom stereocenters. The Morgan fingerprint density at radius 1 is 1.19 bits per heavy atom. The van der Waals surface area contributed by atoms with Crippen molar-refractivity contribution in [3.05, 3.63) is 70.3 Å². The largest absolute Gasteiger partial charge is 0.366 e. The standard InChI is InChI=1S/C24H24F2N4S/c1-15-11-21-22(29-31-15)20-8-6-18(26)13-28-23(20)24(21)30-10-9-27-19(14-30)7-5-16-3-2-4-17(25)12-16/h2-4,6,8,11-13,19,27,29H,5,7,9-10,14H2,1H3. The first-order chi connectivity index (χ1) is 15.1. The lowest BCUT2D eigenvalue weighted by atomic mass is 10.0. The molecule has 3 aliphatic heterocycles. The van der Waals surface area contributed by atoms with E-state index >= 15 is 0 Å². The summed E-state index contributed by atoms with van der Waals surface area (Å²) in [5, 5.41) is 3.60. The fraction of sp³-hybridized carbons (Fsp3) is 0.292. The Morgan fingerprint density at radius 2 is 2.10 bits per heavy atom. The smallest absolute Gasteiger partial charge is 0.141 e. The summed E-state index contributed by atoms with van der Waals surface area (Å²) in [4.78, 5) is 8.06. The molecule has 0 spiro atoms. The van der Waals surface area contributed by atoms with Gasteiger partial charge < -0.3 is 14.9 Å². The van der Waals surface area contributed by atoms with Crippen LogP contribution in [0.4, 0.5) is 20.2 Å². The van der Waals surface area contributed by atoms with E-state index in [9.17, 15) is 8.78 Å². The van der Waals surface area contributed by atoms with Crippen molar-refractivity contribution in [3.63, 3.8) is 0 Å². The van der Waals surface area contributed by atoms with Crippen LogP contribution >= 0.6 is 11.9 Å². The van der Waals surface area contributed by atoms with Crippen molar-refractivity contribution in [2.75, 3.05) is 29.3 Å². The Labute approximate surface area is 185 Å². The Morgan fingerprint density at radius 3 is 2.97 bits per heavy atom. The summed E-state index contributed by atoms with van der Waals surface area (Å²) in [6, 6.07) is 10.4. The van der Waals surface area contributed by atoms with Gasteiger partial charge in [-0.2, -0.15) is 0 Å². The third kappa shape index (κ3) is 4.12. The number of benzene rings is 1. The van der Waals surface area contributed by atoms with Gasteiger partial charge in [0.05, 0.1) is 23.3 Å². The molecule has 1 aromatic carbocycles. The lowest BCUT2D eigenvalue weighted by molar-refractivity contribution is 0.434. The van der Waals surface area contributed by atoms with E-state index < -0.39 is 0 Å². The maximum Gasteiger partial charge on any atom is 0.141 e. The molecule has 1 atom stereocenters. The van der Waals surface area contributed by atoms with Crippen LogP contribution < -0.4 is 14.9 Å². The third-order valence-electron chi connectivity index (χ3n) is 5.90. The average molecular weight is 439 g/mol. The molecule has 2 N–H and O–H groups in total. The number of nitrogens with one attached hydrogen (secondary N) is 2. The SMILES string of the molecule is CC1=Cc2c(c3ccc(F)cnc-3c2N2CCNC(CCc3cccc(F)c3)C2)NS1. The number of piperazine rings is 1. The van der Waals surface area contributed by atoms with Crippen molar-refractivity contribution in [1.82, 2.24) is 10.3 Å². The zero-order chi connectivity index (χ0) is 21.4. The van der Waals surface area contributed by atoms with E-state index in [-0.39, 0.29) is 17.7 Å².